The highest BCUT2D eigenvalue weighted by molar-refractivity contribution is 5.98. The molecule has 0 aliphatic carbocycles. The number of fused-ring (bicyclic) bond motifs is 1. The molecule has 8 heteroatoms. The van der Waals surface area contributed by atoms with Crippen LogP contribution < -0.4 is 5.73 Å². The highest BCUT2D eigenvalue weighted by Crippen LogP contribution is 2.20. The van der Waals surface area contributed by atoms with E-state index >= 15 is 0 Å². The summed E-state index contributed by atoms with van der Waals surface area (Å²) in [5.41, 5.74) is 7.27. The van der Waals surface area contributed by atoms with Gasteiger partial charge in [-0.2, -0.15) is 10.1 Å². The fourth-order valence-electron chi connectivity index (χ4n) is 1.98. The normalized spacial score (nSPS) is 11.4. The zero-order chi connectivity index (χ0) is 15.1. The topological polar surface area (TPSA) is 112 Å². The second kappa shape index (κ2) is 4.65. The summed E-state index contributed by atoms with van der Waals surface area (Å²) in [4.78, 5) is 20.1. The van der Waals surface area contributed by atoms with Crippen molar-refractivity contribution < 1.29 is 9.32 Å². The first-order valence-corrected chi connectivity index (χ1v) is 6.46. The zero-order valence-electron chi connectivity index (χ0n) is 11.9. The van der Waals surface area contributed by atoms with Crippen molar-refractivity contribution in [2.45, 2.75) is 26.7 Å². The fourth-order valence-corrected chi connectivity index (χ4v) is 1.98. The average Bonchev–Trinajstić information content (AvgIpc) is 3.05. The predicted octanol–water partition coefficient (Wildman–Crippen LogP) is 1.31. The van der Waals surface area contributed by atoms with Gasteiger partial charge < -0.3 is 10.3 Å². The van der Waals surface area contributed by atoms with Crippen LogP contribution in [0.25, 0.3) is 17.2 Å². The number of carbonyl (C=O) groups is 1. The van der Waals surface area contributed by atoms with Crippen LogP contribution >= 0.6 is 0 Å². The third kappa shape index (κ3) is 2.14. The molecule has 3 rings (SSSR count). The van der Waals surface area contributed by atoms with Gasteiger partial charge in [0.1, 0.15) is 11.3 Å². The van der Waals surface area contributed by atoms with Crippen molar-refractivity contribution in [1.82, 2.24) is 24.7 Å². The fraction of sp³-hybridized carbons (Fsp3) is 0.308. The molecule has 1 amide bonds. The van der Waals surface area contributed by atoms with Crippen LogP contribution in [0.3, 0.4) is 0 Å². The molecule has 108 valence electrons. The number of carbonyl (C=O) groups excluding carboxylic acids is 1. The van der Waals surface area contributed by atoms with E-state index in [9.17, 15) is 4.79 Å². The lowest BCUT2D eigenvalue weighted by atomic mass is 10.2. The minimum Gasteiger partial charge on any atom is -0.365 e. The second-order valence-corrected chi connectivity index (χ2v) is 5.05. The molecule has 8 nitrogen and oxygen atoms in total. The Hall–Kier alpha value is -2.77. The van der Waals surface area contributed by atoms with Crippen molar-refractivity contribution in [3.05, 3.63) is 29.4 Å². The second-order valence-electron chi connectivity index (χ2n) is 5.05. The molecular formula is C13H14N6O2. The van der Waals surface area contributed by atoms with Gasteiger partial charge in [0.2, 0.25) is 11.7 Å². The van der Waals surface area contributed by atoms with Gasteiger partial charge in [0, 0.05) is 11.6 Å². The smallest absolute Gasteiger partial charge is 0.254 e. The van der Waals surface area contributed by atoms with Crippen molar-refractivity contribution >= 4 is 11.6 Å². The van der Waals surface area contributed by atoms with E-state index in [0.717, 1.165) is 5.69 Å². The summed E-state index contributed by atoms with van der Waals surface area (Å²) >= 11 is 0. The molecule has 21 heavy (non-hydrogen) atoms. The maximum Gasteiger partial charge on any atom is 0.254 e. The molecule has 3 aromatic rings. The molecule has 0 spiro atoms. The van der Waals surface area contributed by atoms with E-state index in [-0.39, 0.29) is 11.5 Å². The number of nitrogens with zero attached hydrogens (tertiary/aromatic N) is 5. The number of amides is 1. The molecule has 0 aromatic carbocycles. The van der Waals surface area contributed by atoms with Crippen LogP contribution in [0.2, 0.25) is 0 Å². The van der Waals surface area contributed by atoms with Crippen molar-refractivity contribution in [3.63, 3.8) is 0 Å². The lowest BCUT2D eigenvalue weighted by Gasteiger charge is -2.02. The number of hydrogen-bond donors (Lipinski definition) is 1. The number of nitrogens with two attached hydrogens (primary N) is 1. The van der Waals surface area contributed by atoms with E-state index in [1.165, 1.54) is 6.20 Å². The van der Waals surface area contributed by atoms with E-state index in [1.807, 2.05) is 20.8 Å². The monoisotopic (exact) mass is 286 g/mol. The molecule has 3 heterocycles. The van der Waals surface area contributed by atoms with Crippen LogP contribution in [-0.4, -0.2) is 30.6 Å². The van der Waals surface area contributed by atoms with E-state index in [2.05, 4.69) is 20.2 Å². The largest absolute Gasteiger partial charge is 0.365 e. The standard InChI is InChI=1S/C13H14N6O2/c1-6(2)13-17-11(18-21-13)9-4-7(3)19-12(16-9)8(5-15-19)10(14)20/h4-6H,1-3H3,(H2,14,20). The lowest BCUT2D eigenvalue weighted by Crippen LogP contribution is -2.11. The van der Waals surface area contributed by atoms with Crippen molar-refractivity contribution in [3.8, 4) is 11.5 Å². The molecule has 0 fully saturated rings. The molecule has 0 bridgehead atoms. The Morgan fingerprint density at radius 1 is 1.38 bits per heavy atom. The maximum atomic E-state index is 11.4. The summed E-state index contributed by atoms with van der Waals surface area (Å²) in [6.07, 6.45) is 1.40. The lowest BCUT2D eigenvalue weighted by molar-refractivity contribution is 0.100. The van der Waals surface area contributed by atoms with Crippen LogP contribution in [0.1, 0.15) is 41.7 Å². The van der Waals surface area contributed by atoms with Gasteiger partial charge in [-0.1, -0.05) is 19.0 Å². The van der Waals surface area contributed by atoms with Crippen molar-refractivity contribution in [2.24, 2.45) is 5.73 Å². The van der Waals surface area contributed by atoms with Crippen LogP contribution in [0.15, 0.2) is 16.8 Å². The molecule has 2 N–H and O–H groups in total. The van der Waals surface area contributed by atoms with Gasteiger partial charge in [-0.05, 0) is 13.0 Å². The Labute approximate surface area is 120 Å². The SMILES string of the molecule is Cc1cc(-c2noc(C(C)C)n2)nc2c(C(N)=O)cnn12. The quantitative estimate of drug-likeness (QED) is 0.776. The molecule has 0 unspecified atom stereocenters. The summed E-state index contributed by atoms with van der Waals surface area (Å²) in [6.45, 7) is 5.77. The van der Waals surface area contributed by atoms with Crippen LogP contribution in [-0.2, 0) is 0 Å². The van der Waals surface area contributed by atoms with Crippen LogP contribution in [0.4, 0.5) is 0 Å². The van der Waals surface area contributed by atoms with E-state index in [1.54, 1.807) is 10.6 Å². The predicted molar refractivity (Wildman–Crippen MR) is 73.6 cm³/mol. The summed E-state index contributed by atoms with van der Waals surface area (Å²) in [5.74, 6) is 0.464. The first-order valence-electron chi connectivity index (χ1n) is 6.46. The summed E-state index contributed by atoms with van der Waals surface area (Å²) < 4.78 is 6.73. The molecule has 0 saturated carbocycles. The number of aromatic nitrogens is 5. The Bertz CT molecular complexity index is 832. The summed E-state index contributed by atoms with van der Waals surface area (Å²) in [6, 6.07) is 1.78. The van der Waals surface area contributed by atoms with Gasteiger partial charge in [-0.25, -0.2) is 9.50 Å². The highest BCUT2D eigenvalue weighted by Gasteiger charge is 2.17. The summed E-state index contributed by atoms with van der Waals surface area (Å²) in [5, 5.41) is 8.02. The molecule has 0 radical (unpaired) electrons. The third-order valence-electron chi connectivity index (χ3n) is 3.08. The van der Waals surface area contributed by atoms with E-state index < -0.39 is 5.91 Å². The Morgan fingerprint density at radius 2 is 2.14 bits per heavy atom. The third-order valence-corrected chi connectivity index (χ3v) is 3.08. The van der Waals surface area contributed by atoms with Gasteiger partial charge in [-0.3, -0.25) is 4.79 Å². The highest BCUT2D eigenvalue weighted by atomic mass is 16.5. The van der Waals surface area contributed by atoms with Gasteiger partial charge in [0.25, 0.3) is 5.91 Å². The van der Waals surface area contributed by atoms with E-state index in [4.69, 9.17) is 10.3 Å². The zero-order valence-corrected chi connectivity index (χ0v) is 11.9. The maximum absolute atomic E-state index is 11.4. The number of primary amides is 1. The number of rotatable bonds is 3. The van der Waals surface area contributed by atoms with Gasteiger partial charge in [-0.15, -0.1) is 0 Å². The molecular weight excluding hydrogens is 272 g/mol. The molecule has 3 aromatic heterocycles. The van der Waals surface area contributed by atoms with Crippen LogP contribution in [0.5, 0.6) is 0 Å². The van der Waals surface area contributed by atoms with Gasteiger partial charge in [0.05, 0.1) is 6.20 Å². The first kappa shape index (κ1) is 13.2. The Balaban J connectivity index is 2.18. The molecule has 0 aliphatic heterocycles. The Kier molecular flexibility index (Phi) is 2.93. The molecule has 0 aliphatic rings. The minimum atomic E-state index is -0.579. The average molecular weight is 286 g/mol. The van der Waals surface area contributed by atoms with Gasteiger partial charge in [0.15, 0.2) is 5.65 Å². The number of aryl methyl sites for hydroxylation is 1. The van der Waals surface area contributed by atoms with Crippen molar-refractivity contribution in [1.29, 1.82) is 0 Å². The minimum absolute atomic E-state index is 0.132. The van der Waals surface area contributed by atoms with E-state index in [0.29, 0.717) is 23.1 Å². The number of hydrogen-bond acceptors (Lipinski definition) is 6. The van der Waals surface area contributed by atoms with Crippen molar-refractivity contribution in [2.75, 3.05) is 0 Å². The van der Waals surface area contributed by atoms with Gasteiger partial charge >= 0.3 is 0 Å². The first-order chi connectivity index (χ1) is 9.97. The molecule has 0 atom stereocenters. The Morgan fingerprint density at radius 3 is 2.76 bits per heavy atom. The summed E-state index contributed by atoms with van der Waals surface area (Å²) in [7, 11) is 0. The van der Waals surface area contributed by atoms with Crippen LogP contribution in [0, 0.1) is 6.92 Å². The molecule has 0 saturated heterocycles.